The van der Waals surface area contributed by atoms with E-state index in [9.17, 15) is 14.0 Å². The third kappa shape index (κ3) is 4.42. The first kappa shape index (κ1) is 21.8. The Balaban J connectivity index is 1.17. The minimum atomic E-state index is -0.320. The van der Waals surface area contributed by atoms with Crippen molar-refractivity contribution < 1.29 is 18.5 Å². The van der Waals surface area contributed by atoms with Crippen molar-refractivity contribution in [3.63, 3.8) is 0 Å². The molecule has 33 heavy (non-hydrogen) atoms. The Bertz CT molecular complexity index is 1200. The van der Waals surface area contributed by atoms with E-state index in [-0.39, 0.29) is 23.4 Å². The van der Waals surface area contributed by atoms with Gasteiger partial charge in [-0.15, -0.1) is 0 Å². The van der Waals surface area contributed by atoms with E-state index in [1.54, 1.807) is 17.9 Å². The number of hydrogen-bond acceptors (Lipinski definition) is 5. The maximum absolute atomic E-state index is 13.4. The van der Waals surface area contributed by atoms with Crippen LogP contribution in [0, 0.1) is 5.82 Å². The Hall–Kier alpha value is -3.06. The molecule has 3 heterocycles. The predicted octanol–water partition coefficient (Wildman–Crippen LogP) is 4.72. The monoisotopic (exact) mass is 449 g/mol. The van der Waals surface area contributed by atoms with Crippen LogP contribution in [0.25, 0.3) is 11.0 Å². The van der Waals surface area contributed by atoms with Gasteiger partial charge in [-0.3, -0.25) is 9.59 Å². The average molecular weight is 450 g/mol. The lowest BCUT2D eigenvalue weighted by Crippen LogP contribution is -2.35. The molecule has 5 rings (SSSR count). The number of aryl methyl sites for hydroxylation is 1. The number of likely N-dealkylation sites (tertiary alicyclic amines) is 1. The minimum Gasteiger partial charge on any atom is -0.356 e. The Morgan fingerprint density at radius 2 is 1.94 bits per heavy atom. The lowest BCUT2D eigenvalue weighted by atomic mass is 9.91. The van der Waals surface area contributed by atoms with Crippen molar-refractivity contribution in [3.8, 4) is 0 Å². The highest BCUT2D eigenvalue weighted by Crippen LogP contribution is 2.33. The van der Waals surface area contributed by atoms with E-state index < -0.39 is 0 Å². The van der Waals surface area contributed by atoms with E-state index in [1.165, 1.54) is 12.1 Å². The van der Waals surface area contributed by atoms with E-state index in [0.717, 1.165) is 79.8 Å². The topological polar surface area (TPSA) is 66.7 Å². The number of aromatic nitrogens is 1. The second-order valence-electron chi connectivity index (χ2n) is 9.12. The fraction of sp³-hybridized carbons (Fsp3) is 0.423. The summed E-state index contributed by atoms with van der Waals surface area (Å²) in [5, 5.41) is 5.10. The summed E-state index contributed by atoms with van der Waals surface area (Å²) in [5.74, 6) is 0.155. The van der Waals surface area contributed by atoms with E-state index >= 15 is 0 Å². The molecule has 0 saturated carbocycles. The Morgan fingerprint density at radius 1 is 1.12 bits per heavy atom. The van der Waals surface area contributed by atoms with Crippen molar-refractivity contribution in [2.45, 2.75) is 44.9 Å². The van der Waals surface area contributed by atoms with Gasteiger partial charge in [-0.25, -0.2) is 4.39 Å². The zero-order valence-corrected chi connectivity index (χ0v) is 18.8. The lowest BCUT2D eigenvalue weighted by Gasteiger charge is -2.31. The molecule has 0 aliphatic carbocycles. The SMILES string of the molecule is CC(=O)N1CCCc2cc(C(=O)CCN3CCC(c4noc5cc(F)ccc45)CC3)ccc21. The number of carbonyl (C=O) groups is 2. The van der Waals surface area contributed by atoms with Crippen LogP contribution in [0.2, 0.25) is 0 Å². The molecule has 0 radical (unpaired) electrons. The van der Waals surface area contributed by atoms with Gasteiger partial charge >= 0.3 is 0 Å². The maximum Gasteiger partial charge on any atom is 0.223 e. The van der Waals surface area contributed by atoms with Crippen molar-refractivity contribution in [1.82, 2.24) is 10.1 Å². The van der Waals surface area contributed by atoms with Gasteiger partial charge in [0.15, 0.2) is 11.4 Å². The minimum absolute atomic E-state index is 0.0456. The largest absolute Gasteiger partial charge is 0.356 e. The summed E-state index contributed by atoms with van der Waals surface area (Å²) in [6, 6.07) is 10.3. The lowest BCUT2D eigenvalue weighted by molar-refractivity contribution is -0.116. The molecule has 0 atom stereocenters. The maximum atomic E-state index is 13.4. The van der Waals surface area contributed by atoms with Crippen molar-refractivity contribution in [2.75, 3.05) is 31.1 Å². The summed E-state index contributed by atoms with van der Waals surface area (Å²) in [7, 11) is 0. The second kappa shape index (κ2) is 9.06. The Morgan fingerprint density at radius 3 is 2.73 bits per heavy atom. The normalized spacial score (nSPS) is 17.3. The number of nitrogens with zero attached hydrogens (tertiary/aromatic N) is 3. The number of benzene rings is 2. The van der Waals surface area contributed by atoms with E-state index in [1.807, 2.05) is 18.2 Å². The van der Waals surface area contributed by atoms with E-state index in [0.29, 0.717) is 12.0 Å². The van der Waals surface area contributed by atoms with Gasteiger partial charge in [0.2, 0.25) is 5.91 Å². The number of piperidine rings is 1. The smallest absolute Gasteiger partial charge is 0.223 e. The first-order chi connectivity index (χ1) is 16.0. The van der Waals surface area contributed by atoms with Crippen LogP contribution in [0.3, 0.4) is 0 Å². The van der Waals surface area contributed by atoms with Crippen LogP contribution in [-0.4, -0.2) is 47.9 Å². The summed E-state index contributed by atoms with van der Waals surface area (Å²) < 4.78 is 18.7. The molecule has 0 bridgehead atoms. The highest BCUT2D eigenvalue weighted by atomic mass is 19.1. The number of halogens is 1. The van der Waals surface area contributed by atoms with Crippen molar-refractivity contribution in [2.24, 2.45) is 0 Å². The third-order valence-corrected chi connectivity index (χ3v) is 6.99. The number of carbonyl (C=O) groups excluding carboxylic acids is 2. The molecule has 3 aromatic rings. The molecule has 1 saturated heterocycles. The van der Waals surface area contributed by atoms with Crippen LogP contribution in [-0.2, 0) is 11.2 Å². The Kier molecular flexibility index (Phi) is 5.98. The predicted molar refractivity (Wildman–Crippen MR) is 124 cm³/mol. The van der Waals surface area contributed by atoms with Gasteiger partial charge in [0.05, 0.1) is 5.69 Å². The fourth-order valence-electron chi connectivity index (χ4n) is 5.16. The van der Waals surface area contributed by atoms with Crippen molar-refractivity contribution in [1.29, 1.82) is 0 Å². The highest BCUT2D eigenvalue weighted by Gasteiger charge is 2.26. The number of amides is 1. The van der Waals surface area contributed by atoms with Gasteiger partial charge in [0.1, 0.15) is 5.82 Å². The summed E-state index contributed by atoms with van der Waals surface area (Å²) >= 11 is 0. The van der Waals surface area contributed by atoms with Crippen LogP contribution in [0.15, 0.2) is 40.9 Å². The van der Waals surface area contributed by atoms with E-state index in [4.69, 9.17) is 4.52 Å². The Labute approximate surface area is 192 Å². The summed E-state index contributed by atoms with van der Waals surface area (Å²) in [6.45, 7) is 4.85. The zero-order valence-electron chi connectivity index (χ0n) is 18.8. The van der Waals surface area contributed by atoms with Gasteiger partial charge in [-0.2, -0.15) is 0 Å². The molecular weight excluding hydrogens is 421 g/mol. The standard InChI is InChI=1S/C26H28FN3O3/c1-17(31)30-11-2-3-19-15-20(4-7-23(19)30)24(32)10-14-29-12-8-18(9-13-29)26-22-6-5-21(27)16-25(22)33-28-26/h4-7,15-16,18H,2-3,8-14H2,1H3. The molecule has 0 spiro atoms. The van der Waals surface area contributed by atoms with Crippen molar-refractivity contribution in [3.05, 3.63) is 59.0 Å². The number of ketones is 1. The van der Waals surface area contributed by atoms with Gasteiger partial charge in [0.25, 0.3) is 0 Å². The number of rotatable bonds is 5. The molecule has 2 aromatic carbocycles. The molecule has 7 heteroatoms. The number of anilines is 1. The van der Waals surface area contributed by atoms with Crippen LogP contribution in [0.4, 0.5) is 10.1 Å². The van der Waals surface area contributed by atoms with Gasteiger partial charge in [-0.1, -0.05) is 5.16 Å². The van der Waals surface area contributed by atoms with Crippen LogP contribution in [0.5, 0.6) is 0 Å². The van der Waals surface area contributed by atoms with Gasteiger partial charge in [0, 0.05) is 55.1 Å². The first-order valence-electron chi connectivity index (χ1n) is 11.7. The third-order valence-electron chi connectivity index (χ3n) is 6.99. The zero-order chi connectivity index (χ0) is 22.9. The molecule has 1 fully saturated rings. The van der Waals surface area contributed by atoms with Crippen LogP contribution < -0.4 is 4.90 Å². The molecule has 0 unspecified atom stereocenters. The molecule has 2 aliphatic rings. The molecule has 2 aliphatic heterocycles. The molecule has 0 N–H and O–H groups in total. The summed E-state index contributed by atoms with van der Waals surface area (Å²) in [5.41, 5.74) is 4.16. The molecule has 1 aromatic heterocycles. The fourth-order valence-corrected chi connectivity index (χ4v) is 5.16. The average Bonchev–Trinajstić information content (AvgIpc) is 3.25. The quantitative estimate of drug-likeness (QED) is 0.528. The number of hydrogen-bond donors (Lipinski definition) is 0. The highest BCUT2D eigenvalue weighted by molar-refractivity contribution is 5.98. The van der Waals surface area contributed by atoms with Gasteiger partial charge in [-0.05, 0) is 74.7 Å². The first-order valence-corrected chi connectivity index (χ1v) is 11.7. The molecule has 1 amide bonds. The van der Waals surface area contributed by atoms with Gasteiger partial charge < -0.3 is 14.3 Å². The van der Waals surface area contributed by atoms with E-state index in [2.05, 4.69) is 10.1 Å². The molecular formula is C26H28FN3O3. The van der Waals surface area contributed by atoms with Crippen LogP contribution >= 0.6 is 0 Å². The molecule has 6 nitrogen and oxygen atoms in total. The summed E-state index contributed by atoms with van der Waals surface area (Å²) in [6.07, 6.45) is 4.18. The van der Waals surface area contributed by atoms with Crippen LogP contribution in [0.1, 0.15) is 60.1 Å². The second-order valence-corrected chi connectivity index (χ2v) is 9.12. The number of fused-ring (bicyclic) bond motifs is 2. The molecule has 172 valence electrons. The van der Waals surface area contributed by atoms with Crippen molar-refractivity contribution >= 4 is 28.3 Å². The number of Topliss-reactive ketones (excluding diaryl/α,β-unsaturated/α-hetero) is 1. The summed E-state index contributed by atoms with van der Waals surface area (Å²) in [4.78, 5) is 28.8.